The molecule has 0 aliphatic carbocycles. The van der Waals surface area contributed by atoms with E-state index >= 15 is 0 Å². The second kappa shape index (κ2) is 6.77. The molecule has 0 bridgehead atoms. The molecule has 1 heterocycles. The highest BCUT2D eigenvalue weighted by Crippen LogP contribution is 2.20. The van der Waals surface area contributed by atoms with Crippen LogP contribution < -0.4 is 5.32 Å². The molecule has 0 aromatic heterocycles. The van der Waals surface area contributed by atoms with Gasteiger partial charge in [-0.1, -0.05) is 24.3 Å². The molecule has 1 saturated heterocycles. The van der Waals surface area contributed by atoms with Gasteiger partial charge in [0.25, 0.3) is 0 Å². The normalized spacial score (nSPS) is 17.2. The van der Waals surface area contributed by atoms with E-state index in [4.69, 9.17) is 4.74 Å². The summed E-state index contributed by atoms with van der Waals surface area (Å²) < 4.78 is 5.25. The second-order valence-electron chi connectivity index (χ2n) is 4.93. The van der Waals surface area contributed by atoms with Crippen LogP contribution in [-0.4, -0.2) is 20.2 Å². The van der Waals surface area contributed by atoms with E-state index in [0.717, 1.165) is 12.5 Å². The zero-order chi connectivity index (χ0) is 11.9. The minimum atomic E-state index is 0.738. The average Bonchev–Trinajstić information content (AvgIpc) is 2.39. The standard InChI is InChI=1S/C15H23NO/c1-17-12-15-5-3-2-4-14(15)7-6-13-8-10-16-11-9-13/h2-5,13,16H,6-12H2,1H3. The van der Waals surface area contributed by atoms with Crippen molar-refractivity contribution in [3.8, 4) is 0 Å². The van der Waals surface area contributed by atoms with E-state index in [1.165, 1.54) is 49.9 Å². The Balaban J connectivity index is 1.88. The third-order valence-corrected chi connectivity index (χ3v) is 3.70. The highest BCUT2D eigenvalue weighted by Gasteiger charge is 2.13. The number of piperidine rings is 1. The first-order valence-corrected chi connectivity index (χ1v) is 6.66. The minimum Gasteiger partial charge on any atom is -0.380 e. The van der Waals surface area contributed by atoms with Crippen LogP contribution in [0.4, 0.5) is 0 Å². The molecule has 17 heavy (non-hydrogen) atoms. The number of aryl methyl sites for hydroxylation is 1. The Kier molecular flexibility index (Phi) is 5.02. The Morgan fingerprint density at radius 2 is 1.88 bits per heavy atom. The molecule has 2 rings (SSSR count). The van der Waals surface area contributed by atoms with Crippen molar-refractivity contribution in [2.75, 3.05) is 20.2 Å². The summed E-state index contributed by atoms with van der Waals surface area (Å²) in [5, 5.41) is 3.42. The Labute approximate surface area is 104 Å². The SMILES string of the molecule is COCc1ccccc1CCC1CCNCC1. The summed E-state index contributed by atoms with van der Waals surface area (Å²) in [6.45, 7) is 3.14. The maximum Gasteiger partial charge on any atom is 0.0715 e. The Morgan fingerprint density at radius 1 is 1.18 bits per heavy atom. The largest absolute Gasteiger partial charge is 0.380 e. The van der Waals surface area contributed by atoms with Crippen molar-refractivity contribution in [3.05, 3.63) is 35.4 Å². The molecule has 1 fully saturated rings. The monoisotopic (exact) mass is 233 g/mol. The fraction of sp³-hybridized carbons (Fsp3) is 0.600. The molecule has 2 nitrogen and oxygen atoms in total. The molecule has 0 spiro atoms. The molecule has 2 heteroatoms. The van der Waals surface area contributed by atoms with Gasteiger partial charge in [0.1, 0.15) is 0 Å². The van der Waals surface area contributed by atoms with Crippen LogP contribution >= 0.6 is 0 Å². The van der Waals surface area contributed by atoms with Gasteiger partial charge in [-0.25, -0.2) is 0 Å². The van der Waals surface area contributed by atoms with Crippen LogP contribution in [0, 0.1) is 5.92 Å². The molecule has 1 N–H and O–H groups in total. The topological polar surface area (TPSA) is 21.3 Å². The lowest BCUT2D eigenvalue weighted by molar-refractivity contribution is 0.184. The lowest BCUT2D eigenvalue weighted by Crippen LogP contribution is -2.27. The van der Waals surface area contributed by atoms with Gasteiger partial charge in [-0.15, -0.1) is 0 Å². The van der Waals surface area contributed by atoms with E-state index in [2.05, 4.69) is 29.6 Å². The van der Waals surface area contributed by atoms with Gasteiger partial charge < -0.3 is 10.1 Å². The number of hydrogen-bond acceptors (Lipinski definition) is 2. The van der Waals surface area contributed by atoms with E-state index in [9.17, 15) is 0 Å². The third kappa shape index (κ3) is 3.83. The maximum atomic E-state index is 5.25. The molecule has 0 saturated carbocycles. The van der Waals surface area contributed by atoms with Crippen molar-refractivity contribution in [2.24, 2.45) is 5.92 Å². The van der Waals surface area contributed by atoms with Crippen LogP contribution in [0.5, 0.6) is 0 Å². The number of methoxy groups -OCH3 is 1. The van der Waals surface area contributed by atoms with Crippen LogP contribution in [0.3, 0.4) is 0 Å². The van der Waals surface area contributed by atoms with Crippen molar-refractivity contribution < 1.29 is 4.74 Å². The number of ether oxygens (including phenoxy) is 1. The molecule has 0 atom stereocenters. The summed E-state index contributed by atoms with van der Waals surface area (Å²) in [5.74, 6) is 0.909. The Hall–Kier alpha value is -0.860. The molecule has 1 aliphatic rings. The number of hydrogen-bond donors (Lipinski definition) is 1. The quantitative estimate of drug-likeness (QED) is 0.844. The molecule has 0 radical (unpaired) electrons. The highest BCUT2D eigenvalue weighted by molar-refractivity contribution is 5.26. The lowest BCUT2D eigenvalue weighted by atomic mass is 9.90. The number of benzene rings is 1. The van der Waals surface area contributed by atoms with Gasteiger partial charge >= 0.3 is 0 Å². The van der Waals surface area contributed by atoms with Crippen molar-refractivity contribution in [3.63, 3.8) is 0 Å². The van der Waals surface area contributed by atoms with Gasteiger partial charge in [-0.05, 0) is 55.8 Å². The van der Waals surface area contributed by atoms with Gasteiger partial charge in [0, 0.05) is 7.11 Å². The van der Waals surface area contributed by atoms with Gasteiger partial charge in [-0.3, -0.25) is 0 Å². The first-order valence-electron chi connectivity index (χ1n) is 6.66. The molecular weight excluding hydrogens is 210 g/mol. The van der Waals surface area contributed by atoms with Crippen LogP contribution in [0.25, 0.3) is 0 Å². The minimum absolute atomic E-state index is 0.738. The summed E-state index contributed by atoms with van der Waals surface area (Å²) in [4.78, 5) is 0. The molecule has 0 amide bonds. The first kappa shape index (κ1) is 12.6. The van der Waals surface area contributed by atoms with E-state index in [1.54, 1.807) is 7.11 Å². The smallest absolute Gasteiger partial charge is 0.0715 e. The van der Waals surface area contributed by atoms with Crippen LogP contribution in [0.2, 0.25) is 0 Å². The fourth-order valence-electron chi connectivity index (χ4n) is 2.63. The summed E-state index contributed by atoms with van der Waals surface area (Å²) in [6.07, 6.45) is 5.20. The molecule has 1 aliphatic heterocycles. The zero-order valence-corrected chi connectivity index (χ0v) is 10.7. The Bertz CT molecular complexity index is 331. The predicted molar refractivity (Wildman–Crippen MR) is 71.1 cm³/mol. The third-order valence-electron chi connectivity index (χ3n) is 3.70. The molecule has 1 aromatic rings. The number of nitrogens with one attached hydrogen (secondary N) is 1. The molecule has 0 unspecified atom stereocenters. The molecule has 1 aromatic carbocycles. The summed E-state index contributed by atoms with van der Waals surface area (Å²) in [5.41, 5.74) is 2.82. The average molecular weight is 233 g/mol. The first-order chi connectivity index (χ1) is 8.40. The summed E-state index contributed by atoms with van der Waals surface area (Å²) >= 11 is 0. The van der Waals surface area contributed by atoms with Gasteiger partial charge in [0.2, 0.25) is 0 Å². The second-order valence-corrected chi connectivity index (χ2v) is 4.93. The Morgan fingerprint density at radius 3 is 2.59 bits per heavy atom. The number of rotatable bonds is 5. The molecular formula is C15H23NO. The fourth-order valence-corrected chi connectivity index (χ4v) is 2.63. The van der Waals surface area contributed by atoms with Gasteiger partial charge in [0.15, 0.2) is 0 Å². The van der Waals surface area contributed by atoms with Gasteiger partial charge in [0.05, 0.1) is 6.61 Å². The van der Waals surface area contributed by atoms with E-state index in [-0.39, 0.29) is 0 Å². The van der Waals surface area contributed by atoms with Gasteiger partial charge in [-0.2, -0.15) is 0 Å². The van der Waals surface area contributed by atoms with Crippen molar-refractivity contribution in [2.45, 2.75) is 32.3 Å². The van der Waals surface area contributed by atoms with E-state index < -0.39 is 0 Å². The molecule has 94 valence electrons. The van der Waals surface area contributed by atoms with Crippen molar-refractivity contribution in [1.82, 2.24) is 5.32 Å². The highest BCUT2D eigenvalue weighted by atomic mass is 16.5. The van der Waals surface area contributed by atoms with Crippen LogP contribution in [0.1, 0.15) is 30.4 Å². The van der Waals surface area contributed by atoms with Crippen LogP contribution in [0.15, 0.2) is 24.3 Å². The zero-order valence-electron chi connectivity index (χ0n) is 10.7. The predicted octanol–water partition coefficient (Wildman–Crippen LogP) is 2.77. The van der Waals surface area contributed by atoms with Crippen molar-refractivity contribution >= 4 is 0 Å². The summed E-state index contributed by atoms with van der Waals surface area (Å²) in [7, 11) is 1.77. The lowest BCUT2D eigenvalue weighted by Gasteiger charge is -2.22. The van der Waals surface area contributed by atoms with Crippen molar-refractivity contribution in [1.29, 1.82) is 0 Å². The van der Waals surface area contributed by atoms with E-state index in [1.807, 2.05) is 0 Å². The van der Waals surface area contributed by atoms with E-state index in [0.29, 0.717) is 0 Å². The van der Waals surface area contributed by atoms with Crippen LogP contribution in [-0.2, 0) is 17.8 Å². The summed E-state index contributed by atoms with van der Waals surface area (Å²) in [6, 6.07) is 8.66. The maximum absolute atomic E-state index is 5.25.